The van der Waals surface area contributed by atoms with Gasteiger partial charge in [0.15, 0.2) is 11.5 Å². The summed E-state index contributed by atoms with van der Waals surface area (Å²) in [5.74, 6) is -0.0268. The van der Waals surface area contributed by atoms with Gasteiger partial charge in [0.25, 0.3) is 0 Å². The number of esters is 1. The molecule has 3 fully saturated rings. The molecule has 40 heavy (non-hydrogen) atoms. The summed E-state index contributed by atoms with van der Waals surface area (Å²) in [6.07, 6.45) is 9.72. The number of carbonyl (C=O) groups is 2. The fourth-order valence-corrected chi connectivity index (χ4v) is 6.69. The fraction of sp³-hybridized carbons (Fsp3) is 0.759. The highest BCUT2D eigenvalue weighted by Crippen LogP contribution is 2.47. The third kappa shape index (κ3) is 6.30. The Balaban J connectivity index is 1.25. The van der Waals surface area contributed by atoms with E-state index in [0.29, 0.717) is 41.9 Å². The van der Waals surface area contributed by atoms with E-state index in [4.69, 9.17) is 9.47 Å². The van der Waals surface area contributed by atoms with Gasteiger partial charge in [0, 0.05) is 26.1 Å². The fourth-order valence-electron chi connectivity index (χ4n) is 6.69. The van der Waals surface area contributed by atoms with Crippen molar-refractivity contribution in [2.75, 3.05) is 24.3 Å². The number of fused-ring (bicyclic) bond motifs is 1. The number of aliphatic hydroxyl groups is 1. The summed E-state index contributed by atoms with van der Waals surface area (Å²) in [7, 11) is 1.69. The monoisotopic (exact) mass is 559 g/mol. The van der Waals surface area contributed by atoms with Crippen LogP contribution in [-0.2, 0) is 19.1 Å². The van der Waals surface area contributed by atoms with Crippen LogP contribution in [0, 0.1) is 11.8 Å². The van der Waals surface area contributed by atoms with Gasteiger partial charge < -0.3 is 19.9 Å². The van der Waals surface area contributed by atoms with Gasteiger partial charge in [0.1, 0.15) is 30.6 Å². The van der Waals surface area contributed by atoms with Crippen LogP contribution in [-0.4, -0.2) is 70.8 Å². The number of ether oxygens (including phenoxy) is 2. The van der Waals surface area contributed by atoms with Crippen molar-refractivity contribution in [1.29, 1.82) is 0 Å². The van der Waals surface area contributed by atoms with E-state index in [1.807, 2.05) is 0 Å². The largest absolute Gasteiger partial charge is 0.463 e. The van der Waals surface area contributed by atoms with Crippen LogP contribution >= 0.6 is 0 Å². The van der Waals surface area contributed by atoms with Gasteiger partial charge in [-0.25, -0.2) is 9.37 Å². The number of alkyl halides is 1. The molecule has 2 aliphatic heterocycles. The number of carbonyl (C=O) groups excluding carboxylic acids is 2. The molecule has 0 aromatic carbocycles. The normalized spacial score (nSPS) is 30.7. The molecule has 4 aliphatic rings. The lowest BCUT2D eigenvalue weighted by Gasteiger charge is -2.27. The van der Waals surface area contributed by atoms with E-state index in [0.717, 1.165) is 51.4 Å². The number of aliphatic imine (C=N–C) groups is 1. The molecule has 1 amide bonds. The summed E-state index contributed by atoms with van der Waals surface area (Å²) in [6, 6.07) is 0. The molecule has 5 rings (SSSR count). The lowest BCUT2D eigenvalue weighted by molar-refractivity contribution is -0.150. The number of nitrogens with one attached hydrogen (secondary N) is 2. The molecule has 1 aromatic heterocycles. The zero-order chi connectivity index (χ0) is 28.3. The maximum atomic E-state index is 16.0. The Morgan fingerprint density at radius 2 is 1.73 bits per heavy atom. The van der Waals surface area contributed by atoms with E-state index in [9.17, 15) is 14.7 Å². The number of hydrogen-bond donors (Lipinski definition) is 3. The molecule has 0 radical (unpaired) electrons. The van der Waals surface area contributed by atoms with Gasteiger partial charge in [0.2, 0.25) is 11.9 Å². The van der Waals surface area contributed by atoms with Gasteiger partial charge in [0.05, 0.1) is 11.6 Å². The Labute approximate surface area is 234 Å². The molecule has 2 saturated carbocycles. The Bertz CT molecular complexity index is 1100. The summed E-state index contributed by atoms with van der Waals surface area (Å²) in [6.45, 7) is 1.05. The van der Waals surface area contributed by atoms with Crippen LogP contribution in [0.15, 0.2) is 4.99 Å². The van der Waals surface area contributed by atoms with Crippen molar-refractivity contribution in [1.82, 2.24) is 9.97 Å². The first kappa shape index (κ1) is 28.9. The van der Waals surface area contributed by atoms with E-state index in [2.05, 4.69) is 25.6 Å². The Morgan fingerprint density at radius 1 is 1.07 bits per heavy atom. The Hall–Kier alpha value is -2.66. The van der Waals surface area contributed by atoms with Crippen molar-refractivity contribution in [3.63, 3.8) is 0 Å². The van der Waals surface area contributed by atoms with Crippen LogP contribution in [0.25, 0.3) is 0 Å². The first-order valence-electron chi connectivity index (χ1n) is 14.9. The number of aromatic nitrogens is 2. The van der Waals surface area contributed by atoms with Crippen molar-refractivity contribution >= 4 is 35.5 Å². The summed E-state index contributed by atoms with van der Waals surface area (Å²) in [4.78, 5) is 38.6. The molecule has 220 valence electrons. The number of hydrogen-bond acceptors (Lipinski definition) is 9. The average molecular weight is 560 g/mol. The third-order valence-electron chi connectivity index (χ3n) is 9.00. The second-order valence-electron chi connectivity index (χ2n) is 12.0. The van der Waals surface area contributed by atoms with Crippen LogP contribution in [0.2, 0.25) is 0 Å². The van der Waals surface area contributed by atoms with E-state index >= 15 is 4.39 Å². The summed E-state index contributed by atoms with van der Waals surface area (Å²) in [5.41, 5.74) is -1.31. The molecule has 10 nitrogen and oxygen atoms in total. The van der Waals surface area contributed by atoms with Crippen LogP contribution in [0.4, 0.5) is 21.8 Å². The van der Waals surface area contributed by atoms with Crippen molar-refractivity contribution in [3.05, 3.63) is 5.69 Å². The minimum Gasteiger partial charge on any atom is -0.463 e. The topological polar surface area (TPSA) is 135 Å². The lowest BCUT2D eigenvalue weighted by Crippen LogP contribution is -2.44. The van der Waals surface area contributed by atoms with Gasteiger partial charge >= 0.3 is 5.97 Å². The third-order valence-corrected chi connectivity index (χ3v) is 9.00. The summed E-state index contributed by atoms with van der Waals surface area (Å²) < 4.78 is 27.4. The zero-order valence-corrected chi connectivity index (χ0v) is 23.5. The number of amides is 1. The standard InChI is InChI=1S/C29H42FN5O5/c1-29(30)25(38)20(16-39-22(37)14-18-11-7-4-8-12-18)40-26(29)19-15-32-24-23(19)34-28(35-27(24)31-2)33-21(36)13-17-9-5-3-6-10-17/h15,17-20,25-26,38H,3-14,16H2,1-2H3,(H2,31,33,34,35,36)/t19?,20-,25-,26+,29-/m1/s1. The van der Waals surface area contributed by atoms with Gasteiger partial charge in [-0.15, -0.1) is 0 Å². The molecule has 5 atom stereocenters. The average Bonchev–Trinajstić information content (AvgIpc) is 3.45. The van der Waals surface area contributed by atoms with E-state index in [-0.39, 0.29) is 24.4 Å². The lowest BCUT2D eigenvalue weighted by atomic mass is 9.86. The SMILES string of the molecule is CNc1nc(NC(=O)CC2CCCCC2)nc2c1N=CC2[C@@H]1O[C@H](COC(=O)CC2CCCCC2)[C@@H](O)[C@@]1(C)F. The van der Waals surface area contributed by atoms with Crippen molar-refractivity contribution in [3.8, 4) is 0 Å². The van der Waals surface area contributed by atoms with Crippen LogP contribution < -0.4 is 10.6 Å². The van der Waals surface area contributed by atoms with Gasteiger partial charge in [-0.05, 0) is 44.4 Å². The second-order valence-corrected chi connectivity index (χ2v) is 12.0. The molecule has 1 aromatic rings. The van der Waals surface area contributed by atoms with Crippen LogP contribution in [0.1, 0.15) is 95.6 Å². The van der Waals surface area contributed by atoms with Gasteiger partial charge in [-0.1, -0.05) is 38.5 Å². The van der Waals surface area contributed by atoms with Crippen LogP contribution in [0.5, 0.6) is 0 Å². The predicted molar refractivity (Wildman–Crippen MR) is 149 cm³/mol. The minimum atomic E-state index is -2.16. The minimum absolute atomic E-state index is 0.117. The Kier molecular flexibility index (Phi) is 8.99. The number of halogens is 1. The molecule has 1 saturated heterocycles. The molecule has 3 N–H and O–H groups in total. The van der Waals surface area contributed by atoms with Crippen molar-refractivity contribution in [2.24, 2.45) is 16.8 Å². The van der Waals surface area contributed by atoms with E-state index in [1.54, 1.807) is 13.3 Å². The summed E-state index contributed by atoms with van der Waals surface area (Å²) in [5, 5.41) is 16.6. The highest BCUT2D eigenvalue weighted by Gasteiger charge is 2.58. The molecule has 0 bridgehead atoms. The van der Waals surface area contributed by atoms with Gasteiger partial charge in [-0.2, -0.15) is 4.98 Å². The number of nitrogens with zero attached hydrogens (tertiary/aromatic N) is 3. The molecular weight excluding hydrogens is 517 g/mol. The second kappa shape index (κ2) is 12.5. The van der Waals surface area contributed by atoms with Crippen LogP contribution in [0.3, 0.4) is 0 Å². The molecule has 11 heteroatoms. The molecule has 1 unspecified atom stereocenters. The Morgan fingerprint density at radius 3 is 2.38 bits per heavy atom. The van der Waals surface area contributed by atoms with E-state index < -0.39 is 29.9 Å². The first-order chi connectivity index (χ1) is 19.3. The van der Waals surface area contributed by atoms with Crippen molar-refractivity contribution < 1.29 is 28.6 Å². The number of anilines is 2. The molecular formula is C29H42FN5O5. The predicted octanol–water partition coefficient (Wildman–Crippen LogP) is 4.60. The zero-order valence-electron chi connectivity index (χ0n) is 23.5. The maximum Gasteiger partial charge on any atom is 0.306 e. The van der Waals surface area contributed by atoms with Gasteiger partial charge in [-0.3, -0.25) is 19.9 Å². The highest BCUT2D eigenvalue weighted by molar-refractivity contribution is 5.91. The van der Waals surface area contributed by atoms with E-state index in [1.165, 1.54) is 19.8 Å². The number of rotatable bonds is 9. The smallest absolute Gasteiger partial charge is 0.306 e. The molecule has 0 spiro atoms. The molecule has 2 aliphatic carbocycles. The first-order valence-corrected chi connectivity index (χ1v) is 14.9. The quantitative estimate of drug-likeness (QED) is 0.374. The molecule has 3 heterocycles. The summed E-state index contributed by atoms with van der Waals surface area (Å²) >= 11 is 0. The maximum absolute atomic E-state index is 16.0. The van der Waals surface area contributed by atoms with Crippen molar-refractivity contribution in [2.45, 2.75) is 114 Å². The number of aliphatic hydroxyl groups excluding tert-OH is 1. The highest BCUT2D eigenvalue weighted by atomic mass is 19.1.